The molecule has 0 bridgehead atoms. The van der Waals surface area contributed by atoms with Gasteiger partial charge in [-0.2, -0.15) is 23.4 Å². The van der Waals surface area contributed by atoms with Crippen LogP contribution in [0.4, 0.5) is 17.6 Å². The summed E-state index contributed by atoms with van der Waals surface area (Å²) in [5.74, 6) is -0.314. The van der Waals surface area contributed by atoms with Crippen molar-refractivity contribution in [2.75, 3.05) is 19.9 Å². The van der Waals surface area contributed by atoms with Crippen LogP contribution < -0.4 is 10.2 Å². The van der Waals surface area contributed by atoms with Gasteiger partial charge >= 0.3 is 6.18 Å². The van der Waals surface area contributed by atoms with Crippen molar-refractivity contribution in [1.29, 1.82) is 5.26 Å². The minimum atomic E-state index is -4.64. The summed E-state index contributed by atoms with van der Waals surface area (Å²) in [6.45, 7) is 6.02. The topological polar surface area (TPSA) is 76.8 Å². The molecule has 0 saturated carbocycles. The van der Waals surface area contributed by atoms with Crippen LogP contribution >= 0.6 is 0 Å². The van der Waals surface area contributed by atoms with Gasteiger partial charge in [-0.25, -0.2) is 9.38 Å². The molecule has 2 aromatic rings. The summed E-state index contributed by atoms with van der Waals surface area (Å²) in [5, 5.41) is 9.31. The van der Waals surface area contributed by atoms with Crippen molar-refractivity contribution in [3.63, 3.8) is 0 Å². The molecule has 1 atom stereocenters. The van der Waals surface area contributed by atoms with Gasteiger partial charge < -0.3 is 9.47 Å². The van der Waals surface area contributed by atoms with Crippen LogP contribution in [0, 0.1) is 11.5 Å². The van der Waals surface area contributed by atoms with Gasteiger partial charge in [0.15, 0.2) is 11.3 Å². The van der Waals surface area contributed by atoms with E-state index in [1.54, 1.807) is 6.19 Å². The summed E-state index contributed by atoms with van der Waals surface area (Å²) in [7, 11) is 1.87. The second kappa shape index (κ2) is 10.6. The van der Waals surface area contributed by atoms with Crippen LogP contribution in [0.1, 0.15) is 50.4 Å². The molecule has 0 aliphatic carbocycles. The number of benzene rings is 1. The van der Waals surface area contributed by atoms with Crippen LogP contribution in [-0.2, 0) is 29.9 Å². The van der Waals surface area contributed by atoms with E-state index in [0.717, 1.165) is 36.7 Å². The molecule has 1 aliphatic heterocycles. The van der Waals surface area contributed by atoms with Gasteiger partial charge in [-0.15, -0.1) is 0 Å². The molecule has 0 radical (unpaired) electrons. The Morgan fingerprint density at radius 3 is 2.57 bits per heavy atom. The zero-order valence-electron chi connectivity index (χ0n) is 20.2. The van der Waals surface area contributed by atoms with Gasteiger partial charge in [-0.05, 0) is 31.0 Å². The maximum atomic E-state index is 13.4. The van der Waals surface area contributed by atoms with E-state index < -0.39 is 18.4 Å². The van der Waals surface area contributed by atoms with E-state index in [-0.39, 0.29) is 35.3 Å². The Labute approximate surface area is 201 Å². The van der Waals surface area contributed by atoms with E-state index in [4.69, 9.17) is 9.47 Å². The van der Waals surface area contributed by atoms with Crippen LogP contribution in [0.5, 0.6) is 5.75 Å². The smallest absolute Gasteiger partial charge is 0.416 e. The number of halogens is 4. The van der Waals surface area contributed by atoms with Gasteiger partial charge in [-0.1, -0.05) is 20.8 Å². The quantitative estimate of drug-likeness (QED) is 0.256. The maximum Gasteiger partial charge on any atom is 0.416 e. The molecule has 0 unspecified atom stereocenters. The van der Waals surface area contributed by atoms with Crippen LogP contribution in [0.25, 0.3) is 0 Å². The molecule has 1 aromatic heterocycles. The molecule has 1 aliphatic rings. The van der Waals surface area contributed by atoms with Crippen LogP contribution in [0.3, 0.4) is 0 Å². The van der Waals surface area contributed by atoms with Crippen molar-refractivity contribution in [1.82, 2.24) is 9.36 Å². The van der Waals surface area contributed by atoms with Crippen molar-refractivity contribution in [3.8, 4) is 11.9 Å². The highest BCUT2D eigenvalue weighted by Crippen LogP contribution is 2.33. The van der Waals surface area contributed by atoms with Crippen LogP contribution in [-0.4, -0.2) is 41.2 Å². The lowest BCUT2D eigenvalue weighted by atomic mass is 9.92. The Hall–Kier alpha value is -3.13. The van der Waals surface area contributed by atoms with Crippen molar-refractivity contribution >= 4 is 5.84 Å². The lowest BCUT2D eigenvalue weighted by Crippen LogP contribution is -2.30. The van der Waals surface area contributed by atoms with E-state index in [0.29, 0.717) is 18.6 Å². The maximum absolute atomic E-state index is 13.4. The summed E-state index contributed by atoms with van der Waals surface area (Å²) < 4.78 is 68.0. The average Bonchev–Trinajstić information content (AvgIpc) is 3.40. The first-order chi connectivity index (χ1) is 16.5. The number of hydrogen-bond donors (Lipinski definition) is 0. The predicted molar refractivity (Wildman–Crippen MR) is 122 cm³/mol. The molecule has 0 N–H and O–H groups in total. The number of nitrogens with zero attached hydrogens (tertiary/aromatic N) is 5. The van der Waals surface area contributed by atoms with E-state index in [2.05, 4.69) is 9.98 Å². The number of aromatic nitrogens is 2. The number of amidine groups is 1. The zero-order chi connectivity index (χ0) is 25.8. The average molecular weight is 496 g/mol. The van der Waals surface area contributed by atoms with Crippen LogP contribution in [0.15, 0.2) is 34.3 Å². The minimum absolute atomic E-state index is 0.0382. The third-order valence-electron chi connectivity index (χ3n) is 5.67. The SMILES string of the molecule is Cn1c(C(C)(C)C)cc(=NC(=NC#N)c2cc(C(F)(F)F)ccc2OCCF)n1C[C@H]1CCCO1. The minimum Gasteiger partial charge on any atom is -0.490 e. The molecule has 1 aromatic carbocycles. The molecule has 11 heteroatoms. The second-order valence-corrected chi connectivity index (χ2v) is 9.27. The molecule has 3 rings (SSSR count). The first-order valence-corrected chi connectivity index (χ1v) is 11.3. The summed E-state index contributed by atoms with van der Waals surface area (Å²) in [6.07, 6.45) is -1.25. The van der Waals surface area contributed by atoms with Crippen molar-refractivity contribution in [2.24, 2.45) is 17.0 Å². The molecule has 2 heterocycles. The third-order valence-corrected chi connectivity index (χ3v) is 5.67. The predicted octanol–water partition coefficient (Wildman–Crippen LogP) is 4.50. The number of rotatable bonds is 6. The molecule has 190 valence electrons. The Kier molecular flexibility index (Phi) is 8.05. The molecule has 7 nitrogen and oxygen atoms in total. The molecule has 1 saturated heterocycles. The zero-order valence-corrected chi connectivity index (χ0v) is 20.2. The van der Waals surface area contributed by atoms with Crippen molar-refractivity contribution in [3.05, 3.63) is 46.6 Å². The fraction of sp³-hybridized carbons (Fsp3) is 0.542. The molecule has 1 fully saturated rings. The van der Waals surface area contributed by atoms with Gasteiger partial charge in [0.1, 0.15) is 19.0 Å². The molecular formula is C24H29F4N5O2. The number of alkyl halides is 4. The lowest BCUT2D eigenvalue weighted by molar-refractivity contribution is -0.137. The van der Waals surface area contributed by atoms with Crippen LogP contribution in [0.2, 0.25) is 0 Å². The summed E-state index contributed by atoms with van der Waals surface area (Å²) in [6, 6.07) is 4.55. The summed E-state index contributed by atoms with van der Waals surface area (Å²) in [5.41, 5.74) is -0.0607. The Morgan fingerprint density at radius 2 is 2.00 bits per heavy atom. The lowest BCUT2D eigenvalue weighted by Gasteiger charge is -2.21. The first-order valence-electron chi connectivity index (χ1n) is 11.3. The molecular weight excluding hydrogens is 466 g/mol. The largest absolute Gasteiger partial charge is 0.490 e. The summed E-state index contributed by atoms with van der Waals surface area (Å²) >= 11 is 0. The third kappa shape index (κ3) is 6.31. The standard InChI is InChI=1S/C24H29F4N5O2/c1-23(2,3)20-13-21(33(32(20)4)14-17-6-5-10-34-17)31-22(30-15-29)18-12-16(24(26,27)28)7-8-19(18)35-11-9-25/h7-8,12-13,17H,5-6,9-11,14H2,1-4H3/t17-/m1/s1. The fourth-order valence-corrected chi connectivity index (χ4v) is 4.02. The van der Waals surface area contributed by atoms with E-state index in [1.165, 1.54) is 0 Å². The number of aliphatic imine (C=N–C) groups is 1. The van der Waals surface area contributed by atoms with Gasteiger partial charge in [0, 0.05) is 30.8 Å². The first kappa shape index (κ1) is 26.5. The highest BCUT2D eigenvalue weighted by Gasteiger charge is 2.32. The fourth-order valence-electron chi connectivity index (χ4n) is 4.02. The monoisotopic (exact) mass is 495 g/mol. The number of ether oxygens (including phenoxy) is 2. The molecule has 0 amide bonds. The Morgan fingerprint density at radius 1 is 1.26 bits per heavy atom. The normalized spacial score (nSPS) is 17.6. The van der Waals surface area contributed by atoms with Gasteiger partial charge in [-0.3, -0.25) is 9.36 Å². The van der Waals surface area contributed by atoms with Crippen molar-refractivity contribution < 1.29 is 27.0 Å². The van der Waals surface area contributed by atoms with Gasteiger partial charge in [0.25, 0.3) is 0 Å². The highest BCUT2D eigenvalue weighted by molar-refractivity contribution is 6.02. The van der Waals surface area contributed by atoms with Gasteiger partial charge in [0.2, 0.25) is 6.19 Å². The highest BCUT2D eigenvalue weighted by atomic mass is 19.4. The van der Waals surface area contributed by atoms with Crippen molar-refractivity contribution in [2.45, 2.75) is 57.9 Å². The Bertz CT molecular complexity index is 1180. The second-order valence-electron chi connectivity index (χ2n) is 9.27. The van der Waals surface area contributed by atoms with E-state index >= 15 is 0 Å². The van der Waals surface area contributed by atoms with E-state index in [9.17, 15) is 22.8 Å². The summed E-state index contributed by atoms with van der Waals surface area (Å²) in [4.78, 5) is 8.24. The molecule has 0 spiro atoms. The Balaban J connectivity index is 2.22. The number of hydrogen-bond acceptors (Lipinski definition) is 4. The number of nitriles is 1. The molecule has 35 heavy (non-hydrogen) atoms. The van der Waals surface area contributed by atoms with E-state index in [1.807, 2.05) is 43.2 Å². The van der Waals surface area contributed by atoms with Gasteiger partial charge in [0.05, 0.1) is 23.8 Å².